The zero-order valence-electron chi connectivity index (χ0n) is 9.68. The van der Waals surface area contributed by atoms with E-state index in [1.165, 1.54) is 0 Å². The lowest BCUT2D eigenvalue weighted by molar-refractivity contribution is -0.111. The molecular formula is C15H16O. The number of hydrogen-bond donors (Lipinski definition) is 0. The maximum atomic E-state index is 11.7. The molecule has 0 saturated heterocycles. The van der Waals surface area contributed by atoms with Gasteiger partial charge < -0.3 is 0 Å². The average Bonchev–Trinajstić information content (AvgIpc) is 2.62. The molecule has 1 heteroatoms. The Morgan fingerprint density at radius 2 is 1.88 bits per heavy atom. The quantitative estimate of drug-likeness (QED) is 0.686. The minimum Gasteiger partial charge on any atom is -0.290 e. The first-order valence-corrected chi connectivity index (χ1v) is 5.67. The molecule has 0 aromatic heterocycles. The molecule has 2 rings (SSSR count). The van der Waals surface area contributed by atoms with Crippen LogP contribution >= 0.6 is 0 Å². The minimum absolute atomic E-state index is 0.155. The summed E-state index contributed by atoms with van der Waals surface area (Å²) in [7, 11) is 0. The molecule has 0 bridgehead atoms. The zero-order chi connectivity index (χ0) is 11.5. The van der Waals surface area contributed by atoms with Crippen LogP contribution < -0.4 is 0 Å². The van der Waals surface area contributed by atoms with Crippen molar-refractivity contribution in [3.05, 3.63) is 53.6 Å². The van der Waals surface area contributed by atoms with Gasteiger partial charge in [-0.3, -0.25) is 4.79 Å². The topological polar surface area (TPSA) is 17.1 Å². The first-order valence-electron chi connectivity index (χ1n) is 5.67. The maximum absolute atomic E-state index is 11.7. The molecule has 0 spiro atoms. The van der Waals surface area contributed by atoms with Crippen molar-refractivity contribution in [3.8, 4) is 0 Å². The van der Waals surface area contributed by atoms with Gasteiger partial charge in [0, 0.05) is 11.5 Å². The van der Waals surface area contributed by atoms with Crippen LogP contribution in [-0.2, 0) is 4.79 Å². The Bertz CT molecular complexity index is 438. The molecule has 0 aliphatic heterocycles. The second kappa shape index (κ2) is 4.48. The Kier molecular flexibility index (Phi) is 3.04. The molecule has 0 heterocycles. The van der Waals surface area contributed by atoms with Crippen LogP contribution in [-0.4, -0.2) is 5.78 Å². The van der Waals surface area contributed by atoms with E-state index >= 15 is 0 Å². The van der Waals surface area contributed by atoms with Crippen LogP contribution in [0.2, 0.25) is 0 Å². The molecule has 0 saturated carbocycles. The highest BCUT2D eigenvalue weighted by Gasteiger charge is 2.25. The molecule has 1 aliphatic carbocycles. The minimum atomic E-state index is 0.155. The van der Waals surface area contributed by atoms with E-state index in [2.05, 4.69) is 13.8 Å². The van der Waals surface area contributed by atoms with Crippen LogP contribution in [0.25, 0.3) is 6.08 Å². The van der Waals surface area contributed by atoms with Crippen LogP contribution in [0.5, 0.6) is 0 Å². The zero-order valence-corrected chi connectivity index (χ0v) is 9.68. The van der Waals surface area contributed by atoms with Gasteiger partial charge in [0.25, 0.3) is 0 Å². The molecule has 1 aromatic carbocycles. The number of carbonyl (C=O) groups excluding carboxylic acids is 1. The van der Waals surface area contributed by atoms with Crippen LogP contribution in [0, 0.1) is 11.8 Å². The summed E-state index contributed by atoms with van der Waals surface area (Å²) in [5.41, 5.74) is 2.02. The van der Waals surface area contributed by atoms with Gasteiger partial charge in [0.2, 0.25) is 0 Å². The monoisotopic (exact) mass is 212 g/mol. The smallest absolute Gasteiger partial charge is 0.182 e. The second-order valence-electron chi connectivity index (χ2n) is 4.50. The largest absolute Gasteiger partial charge is 0.290 e. The third-order valence-corrected chi connectivity index (χ3v) is 2.94. The van der Waals surface area contributed by atoms with Crippen molar-refractivity contribution in [1.29, 1.82) is 0 Å². The molecule has 0 unspecified atom stereocenters. The number of carbonyl (C=O) groups is 1. The molecular weight excluding hydrogens is 196 g/mol. The summed E-state index contributed by atoms with van der Waals surface area (Å²) in [5, 5.41) is 0. The Hall–Kier alpha value is -1.63. The predicted octanol–water partition coefficient (Wildman–Crippen LogP) is 3.48. The lowest BCUT2D eigenvalue weighted by atomic mass is 9.89. The van der Waals surface area contributed by atoms with E-state index in [9.17, 15) is 4.79 Å². The van der Waals surface area contributed by atoms with Gasteiger partial charge in [-0.05, 0) is 23.6 Å². The van der Waals surface area contributed by atoms with E-state index in [4.69, 9.17) is 0 Å². The highest BCUT2D eigenvalue weighted by Crippen LogP contribution is 2.29. The van der Waals surface area contributed by atoms with Crippen LogP contribution in [0.3, 0.4) is 0 Å². The molecule has 0 fully saturated rings. The Morgan fingerprint density at radius 1 is 1.19 bits per heavy atom. The van der Waals surface area contributed by atoms with Gasteiger partial charge in [0.1, 0.15) is 0 Å². The van der Waals surface area contributed by atoms with E-state index in [1.54, 1.807) is 6.08 Å². The first kappa shape index (κ1) is 10.9. The lowest BCUT2D eigenvalue weighted by Crippen LogP contribution is -2.09. The fourth-order valence-electron chi connectivity index (χ4n) is 2.03. The van der Waals surface area contributed by atoms with Crippen molar-refractivity contribution in [2.75, 3.05) is 0 Å². The van der Waals surface area contributed by atoms with Crippen LogP contribution in [0.1, 0.15) is 19.4 Å². The van der Waals surface area contributed by atoms with E-state index in [0.717, 1.165) is 11.1 Å². The molecule has 0 amide bonds. The number of allylic oxidation sites excluding steroid dienone is 3. The number of benzene rings is 1. The highest BCUT2D eigenvalue weighted by atomic mass is 16.1. The van der Waals surface area contributed by atoms with E-state index in [1.807, 2.05) is 42.5 Å². The van der Waals surface area contributed by atoms with Gasteiger partial charge in [-0.2, -0.15) is 0 Å². The third kappa shape index (κ3) is 2.13. The molecule has 1 nitrogen and oxygen atoms in total. The molecule has 1 atom stereocenters. The van der Waals surface area contributed by atoms with Gasteiger partial charge in [-0.25, -0.2) is 0 Å². The number of hydrogen-bond acceptors (Lipinski definition) is 1. The average molecular weight is 212 g/mol. The number of ketones is 1. The second-order valence-corrected chi connectivity index (χ2v) is 4.50. The molecule has 0 N–H and O–H groups in total. The summed E-state index contributed by atoms with van der Waals surface area (Å²) < 4.78 is 0. The first-order chi connectivity index (χ1) is 7.68. The van der Waals surface area contributed by atoms with Crippen LogP contribution in [0.15, 0.2) is 48.1 Å². The van der Waals surface area contributed by atoms with Crippen molar-refractivity contribution in [3.63, 3.8) is 0 Å². The SMILES string of the molecule is CC(C)[C@@H]1C=CC(=O)/C1=C/c1ccccc1. The summed E-state index contributed by atoms with van der Waals surface area (Å²) in [6.45, 7) is 4.29. The Morgan fingerprint density at radius 3 is 2.50 bits per heavy atom. The van der Waals surface area contributed by atoms with Crippen molar-refractivity contribution >= 4 is 11.9 Å². The number of rotatable bonds is 2. The van der Waals surface area contributed by atoms with Gasteiger partial charge in [-0.15, -0.1) is 0 Å². The van der Waals surface area contributed by atoms with Crippen molar-refractivity contribution in [1.82, 2.24) is 0 Å². The van der Waals surface area contributed by atoms with Gasteiger partial charge in [-0.1, -0.05) is 50.3 Å². The fraction of sp³-hybridized carbons (Fsp3) is 0.267. The third-order valence-electron chi connectivity index (χ3n) is 2.94. The van der Waals surface area contributed by atoms with E-state index in [0.29, 0.717) is 5.92 Å². The Labute approximate surface area is 96.5 Å². The maximum Gasteiger partial charge on any atom is 0.182 e. The van der Waals surface area contributed by atoms with Gasteiger partial charge in [0.15, 0.2) is 5.78 Å². The van der Waals surface area contributed by atoms with Gasteiger partial charge >= 0.3 is 0 Å². The van der Waals surface area contributed by atoms with E-state index in [-0.39, 0.29) is 11.7 Å². The normalized spacial score (nSPS) is 22.3. The molecule has 1 aromatic rings. The lowest BCUT2D eigenvalue weighted by Gasteiger charge is -2.14. The van der Waals surface area contributed by atoms with Crippen molar-refractivity contribution in [2.45, 2.75) is 13.8 Å². The van der Waals surface area contributed by atoms with E-state index < -0.39 is 0 Å². The molecule has 16 heavy (non-hydrogen) atoms. The summed E-state index contributed by atoms with van der Waals surface area (Å²) >= 11 is 0. The van der Waals surface area contributed by atoms with Crippen molar-refractivity contribution < 1.29 is 4.79 Å². The predicted molar refractivity (Wildman–Crippen MR) is 66.9 cm³/mol. The summed E-state index contributed by atoms with van der Waals surface area (Å²) in [5.74, 6) is 0.896. The Balaban J connectivity index is 2.32. The van der Waals surface area contributed by atoms with Crippen LogP contribution in [0.4, 0.5) is 0 Å². The molecule has 0 radical (unpaired) electrons. The summed E-state index contributed by atoms with van der Waals surface area (Å²) in [6.07, 6.45) is 5.72. The molecule has 1 aliphatic rings. The highest BCUT2D eigenvalue weighted by molar-refractivity contribution is 6.10. The fourth-order valence-corrected chi connectivity index (χ4v) is 2.03. The van der Waals surface area contributed by atoms with Crippen molar-refractivity contribution in [2.24, 2.45) is 11.8 Å². The summed E-state index contributed by atoms with van der Waals surface area (Å²) in [6, 6.07) is 10.0. The summed E-state index contributed by atoms with van der Waals surface area (Å²) in [4.78, 5) is 11.7. The van der Waals surface area contributed by atoms with Gasteiger partial charge in [0.05, 0.1) is 0 Å². The standard InChI is InChI=1S/C15H16O/c1-11(2)13-8-9-15(16)14(13)10-12-6-4-3-5-7-12/h3-11,13H,1-2H3/b14-10+/t13-/m0/s1. The molecule has 82 valence electrons.